The van der Waals surface area contributed by atoms with Crippen LogP contribution >= 0.6 is 11.8 Å². The summed E-state index contributed by atoms with van der Waals surface area (Å²) in [5.41, 5.74) is 2.27. The van der Waals surface area contributed by atoms with Crippen LogP contribution in [0.4, 0.5) is 5.69 Å². The van der Waals surface area contributed by atoms with Gasteiger partial charge in [0.05, 0.1) is 5.75 Å². The molecule has 1 aromatic carbocycles. The molecule has 0 radical (unpaired) electrons. The van der Waals surface area contributed by atoms with Gasteiger partial charge in [-0.25, -0.2) is 0 Å². The van der Waals surface area contributed by atoms with Crippen molar-refractivity contribution in [2.75, 3.05) is 23.4 Å². The number of carbonyl (C=O) groups excluding carboxylic acids is 2. The van der Waals surface area contributed by atoms with Gasteiger partial charge >= 0.3 is 5.97 Å². The molecule has 0 unspecified atom stereocenters. The largest absolute Gasteiger partial charge is 0.481 e. The lowest BCUT2D eigenvalue weighted by Crippen LogP contribution is -2.26. The standard InChI is InChI=1S/C14H16N2O4S/c17-12-4-2-9-7-10(1-3-11(9)16-12)14(20)15-5-6-21-8-13(18)19/h1,3,7H,2,4-6,8H2,(H,15,20)(H,16,17)(H,18,19). The van der Waals surface area contributed by atoms with E-state index >= 15 is 0 Å². The Balaban J connectivity index is 1.85. The number of aryl methyl sites for hydroxylation is 1. The van der Waals surface area contributed by atoms with Crippen molar-refractivity contribution in [3.05, 3.63) is 29.3 Å². The summed E-state index contributed by atoms with van der Waals surface area (Å²) < 4.78 is 0. The van der Waals surface area contributed by atoms with E-state index in [1.807, 2.05) is 0 Å². The molecule has 6 nitrogen and oxygen atoms in total. The van der Waals surface area contributed by atoms with Crippen LogP contribution in [0.15, 0.2) is 18.2 Å². The van der Waals surface area contributed by atoms with E-state index in [0.29, 0.717) is 30.7 Å². The van der Waals surface area contributed by atoms with Crippen molar-refractivity contribution in [3.8, 4) is 0 Å². The first kappa shape index (κ1) is 15.4. The maximum atomic E-state index is 12.0. The molecular formula is C14H16N2O4S. The quantitative estimate of drug-likeness (QED) is 0.684. The van der Waals surface area contributed by atoms with Gasteiger partial charge in [-0.15, -0.1) is 11.8 Å². The molecule has 0 fully saturated rings. The summed E-state index contributed by atoms with van der Waals surface area (Å²) in [4.78, 5) is 33.6. The van der Waals surface area contributed by atoms with Crippen LogP contribution in [-0.4, -0.2) is 40.9 Å². The van der Waals surface area contributed by atoms with E-state index in [4.69, 9.17) is 5.11 Å². The predicted molar refractivity (Wildman–Crippen MR) is 80.7 cm³/mol. The van der Waals surface area contributed by atoms with E-state index in [0.717, 1.165) is 11.3 Å². The van der Waals surface area contributed by atoms with Crippen LogP contribution in [0.3, 0.4) is 0 Å². The number of rotatable bonds is 6. The van der Waals surface area contributed by atoms with Crippen molar-refractivity contribution < 1.29 is 19.5 Å². The third kappa shape index (κ3) is 4.49. The molecule has 2 amide bonds. The smallest absolute Gasteiger partial charge is 0.313 e. The molecular weight excluding hydrogens is 292 g/mol. The summed E-state index contributed by atoms with van der Waals surface area (Å²) in [5, 5.41) is 14.0. The Morgan fingerprint density at radius 1 is 1.33 bits per heavy atom. The van der Waals surface area contributed by atoms with Crippen LogP contribution in [0.25, 0.3) is 0 Å². The van der Waals surface area contributed by atoms with Gasteiger partial charge in [0.2, 0.25) is 5.91 Å². The Hall–Kier alpha value is -2.02. The first-order valence-electron chi connectivity index (χ1n) is 6.57. The van der Waals surface area contributed by atoms with Crippen molar-refractivity contribution in [3.63, 3.8) is 0 Å². The van der Waals surface area contributed by atoms with Crippen LogP contribution in [-0.2, 0) is 16.0 Å². The summed E-state index contributed by atoms with van der Waals surface area (Å²) in [6, 6.07) is 5.19. The van der Waals surface area contributed by atoms with Crippen LogP contribution in [0.2, 0.25) is 0 Å². The summed E-state index contributed by atoms with van der Waals surface area (Å²) in [6.45, 7) is 0.421. The van der Waals surface area contributed by atoms with Crippen molar-refractivity contribution in [1.82, 2.24) is 5.32 Å². The number of carboxylic acid groups (broad SMARTS) is 1. The van der Waals surface area contributed by atoms with Crippen molar-refractivity contribution in [2.24, 2.45) is 0 Å². The van der Waals surface area contributed by atoms with Gasteiger partial charge in [0.25, 0.3) is 5.91 Å². The number of nitrogens with one attached hydrogen (secondary N) is 2. The monoisotopic (exact) mass is 308 g/mol. The van der Waals surface area contributed by atoms with Crippen molar-refractivity contribution in [2.45, 2.75) is 12.8 Å². The number of benzene rings is 1. The van der Waals surface area contributed by atoms with Gasteiger partial charge < -0.3 is 15.7 Å². The normalized spacial score (nSPS) is 13.2. The molecule has 112 valence electrons. The highest BCUT2D eigenvalue weighted by atomic mass is 32.2. The molecule has 3 N–H and O–H groups in total. The number of anilines is 1. The van der Waals surface area contributed by atoms with Crippen LogP contribution < -0.4 is 10.6 Å². The first-order chi connectivity index (χ1) is 10.1. The van der Waals surface area contributed by atoms with E-state index in [1.165, 1.54) is 11.8 Å². The summed E-state index contributed by atoms with van der Waals surface area (Å²) in [7, 11) is 0. The average Bonchev–Trinajstić information content (AvgIpc) is 2.45. The van der Waals surface area contributed by atoms with E-state index < -0.39 is 5.97 Å². The molecule has 0 spiro atoms. The number of aliphatic carboxylic acids is 1. The minimum Gasteiger partial charge on any atom is -0.481 e. The zero-order chi connectivity index (χ0) is 15.2. The molecule has 0 atom stereocenters. The van der Waals surface area contributed by atoms with Gasteiger partial charge in [-0.1, -0.05) is 0 Å². The SMILES string of the molecule is O=C(O)CSCCNC(=O)c1ccc2c(c1)CCC(=O)N2. The average molecular weight is 308 g/mol. The lowest BCUT2D eigenvalue weighted by Gasteiger charge is -2.17. The Morgan fingerprint density at radius 3 is 2.90 bits per heavy atom. The molecule has 0 aliphatic carbocycles. The second-order valence-corrected chi connectivity index (χ2v) is 5.73. The minimum absolute atomic E-state index is 0.00448. The van der Waals surface area contributed by atoms with Crippen LogP contribution in [0.1, 0.15) is 22.3 Å². The number of carboxylic acids is 1. The molecule has 1 aromatic rings. The highest BCUT2D eigenvalue weighted by Crippen LogP contribution is 2.23. The van der Waals surface area contributed by atoms with Gasteiger partial charge in [0, 0.05) is 30.0 Å². The number of fused-ring (bicyclic) bond motifs is 1. The zero-order valence-corrected chi connectivity index (χ0v) is 12.2. The van der Waals surface area contributed by atoms with Gasteiger partial charge in [0.15, 0.2) is 0 Å². The van der Waals surface area contributed by atoms with Crippen LogP contribution in [0, 0.1) is 0 Å². The fourth-order valence-electron chi connectivity index (χ4n) is 2.02. The molecule has 21 heavy (non-hydrogen) atoms. The number of amides is 2. The molecule has 0 saturated carbocycles. The summed E-state index contributed by atoms with van der Waals surface area (Å²) in [6.07, 6.45) is 1.07. The summed E-state index contributed by atoms with van der Waals surface area (Å²) in [5.74, 6) is -0.461. The number of thioether (sulfide) groups is 1. The Bertz CT molecular complexity index is 574. The molecule has 0 saturated heterocycles. The van der Waals surface area contributed by atoms with Gasteiger partial charge in [-0.2, -0.15) is 0 Å². The summed E-state index contributed by atoms with van der Waals surface area (Å²) >= 11 is 1.26. The maximum absolute atomic E-state index is 12.0. The third-order valence-corrected chi connectivity index (χ3v) is 3.96. The van der Waals surface area contributed by atoms with E-state index in [2.05, 4.69) is 10.6 Å². The Kier molecular flexibility index (Phi) is 5.21. The Morgan fingerprint density at radius 2 is 2.14 bits per heavy atom. The minimum atomic E-state index is -0.858. The van der Waals surface area contributed by atoms with Gasteiger partial charge in [-0.3, -0.25) is 14.4 Å². The van der Waals surface area contributed by atoms with Crippen LogP contribution in [0.5, 0.6) is 0 Å². The molecule has 1 aliphatic rings. The molecule has 0 bridgehead atoms. The number of hydrogen-bond acceptors (Lipinski definition) is 4. The van der Waals surface area contributed by atoms with E-state index in [-0.39, 0.29) is 17.6 Å². The van der Waals surface area contributed by atoms with Gasteiger partial charge in [-0.05, 0) is 30.2 Å². The third-order valence-electron chi connectivity index (χ3n) is 3.02. The topological polar surface area (TPSA) is 95.5 Å². The Labute approximate surface area is 126 Å². The highest BCUT2D eigenvalue weighted by Gasteiger charge is 2.16. The number of hydrogen-bond donors (Lipinski definition) is 3. The van der Waals surface area contributed by atoms with Gasteiger partial charge in [0.1, 0.15) is 0 Å². The second kappa shape index (κ2) is 7.12. The first-order valence-corrected chi connectivity index (χ1v) is 7.72. The molecule has 1 heterocycles. The second-order valence-electron chi connectivity index (χ2n) is 4.62. The fourth-order valence-corrected chi connectivity index (χ4v) is 2.59. The van der Waals surface area contributed by atoms with E-state index in [1.54, 1.807) is 18.2 Å². The lowest BCUT2D eigenvalue weighted by molar-refractivity contribution is -0.133. The molecule has 2 rings (SSSR count). The highest BCUT2D eigenvalue weighted by molar-refractivity contribution is 7.99. The molecule has 0 aromatic heterocycles. The number of carbonyl (C=O) groups is 3. The zero-order valence-electron chi connectivity index (χ0n) is 11.3. The predicted octanol–water partition coefficient (Wildman–Crippen LogP) is 1.12. The van der Waals surface area contributed by atoms with E-state index in [9.17, 15) is 14.4 Å². The molecule has 7 heteroatoms. The van der Waals surface area contributed by atoms with Crippen molar-refractivity contribution in [1.29, 1.82) is 0 Å². The molecule has 1 aliphatic heterocycles. The van der Waals surface area contributed by atoms with Crippen molar-refractivity contribution >= 4 is 35.2 Å². The fraction of sp³-hybridized carbons (Fsp3) is 0.357. The lowest BCUT2D eigenvalue weighted by atomic mass is 10.00. The maximum Gasteiger partial charge on any atom is 0.313 e.